The molecule has 0 saturated carbocycles. The Balaban J connectivity index is 2.63. The normalized spacial score (nSPS) is 49.2. The van der Waals surface area contributed by atoms with Crippen molar-refractivity contribution in [2.45, 2.75) is 30.7 Å². The molecule has 0 aromatic heterocycles. The molecule has 72 valence electrons. The molecule has 12 heavy (non-hydrogen) atoms. The first-order valence-electron chi connectivity index (χ1n) is 3.75. The smallest absolute Gasteiger partial charge is 0.184 e. The van der Waals surface area contributed by atoms with Crippen LogP contribution in [0.15, 0.2) is 0 Å². The van der Waals surface area contributed by atoms with Gasteiger partial charge in [-0.2, -0.15) is 0 Å². The number of aliphatic hydroxyl groups is 4. The van der Waals surface area contributed by atoms with Crippen molar-refractivity contribution in [1.29, 1.82) is 0 Å². The van der Waals surface area contributed by atoms with Crippen molar-refractivity contribution in [3.8, 4) is 0 Å². The minimum Gasteiger partial charge on any atom is -0.387 e. The lowest BCUT2D eigenvalue weighted by Gasteiger charge is -2.36. The van der Waals surface area contributed by atoms with Crippen LogP contribution in [0.4, 0.5) is 0 Å². The number of ether oxygens (including phenoxy) is 1. The zero-order valence-corrected chi connectivity index (χ0v) is 6.50. The van der Waals surface area contributed by atoms with Crippen LogP contribution in [-0.4, -0.2) is 57.7 Å². The van der Waals surface area contributed by atoms with E-state index in [1.165, 1.54) is 0 Å². The first-order valence-corrected chi connectivity index (χ1v) is 3.75. The molecule has 1 saturated heterocycles. The first kappa shape index (κ1) is 9.85. The summed E-state index contributed by atoms with van der Waals surface area (Å²) in [6.45, 7) is 0.224. The Kier molecular flexibility index (Phi) is 2.99. The average Bonchev–Trinajstić information content (AvgIpc) is 2.08. The Morgan fingerprint density at radius 2 is 1.58 bits per heavy atom. The molecule has 1 rings (SSSR count). The van der Waals surface area contributed by atoms with Crippen LogP contribution in [0.2, 0.25) is 0 Å². The summed E-state index contributed by atoms with van der Waals surface area (Å²) in [5.41, 5.74) is 3.46. The third-order valence-corrected chi connectivity index (χ3v) is 1.97. The van der Waals surface area contributed by atoms with E-state index in [4.69, 9.17) is 20.1 Å². The summed E-state index contributed by atoms with van der Waals surface area (Å²) in [6.07, 6.45) is -6.20. The minimum atomic E-state index is -1.46. The summed E-state index contributed by atoms with van der Waals surface area (Å²) in [5.74, 6) is 0. The Hall–Kier alpha value is -0.240. The van der Waals surface area contributed by atoms with Crippen molar-refractivity contribution < 1.29 is 30.9 Å². The van der Waals surface area contributed by atoms with Gasteiger partial charge in [-0.05, 0) is 0 Å². The van der Waals surface area contributed by atoms with Gasteiger partial charge in [-0.1, -0.05) is 0 Å². The van der Waals surface area contributed by atoms with E-state index in [-0.39, 0.29) is 6.54 Å². The van der Waals surface area contributed by atoms with Gasteiger partial charge in [0.25, 0.3) is 0 Å². The molecule has 1 unspecified atom stereocenters. The van der Waals surface area contributed by atoms with E-state index < -0.39 is 30.7 Å². The van der Waals surface area contributed by atoms with Crippen LogP contribution >= 0.6 is 0 Å². The van der Waals surface area contributed by atoms with Crippen molar-refractivity contribution in [3.05, 3.63) is 0 Å². The van der Waals surface area contributed by atoms with Gasteiger partial charge in [0.1, 0.15) is 31.0 Å². The lowest BCUT2D eigenvalue weighted by atomic mass is 9.99. The molecule has 1 heterocycles. The molecule has 0 aromatic carbocycles. The molecule has 0 radical (unpaired) electrons. The summed E-state index contributed by atoms with van der Waals surface area (Å²) in [5, 5.41) is 36.4. The molecule has 0 spiro atoms. The first-order chi connectivity index (χ1) is 5.57. The molecule has 5 atom stereocenters. The average molecular weight is 180 g/mol. The van der Waals surface area contributed by atoms with Gasteiger partial charge in [0.2, 0.25) is 0 Å². The van der Waals surface area contributed by atoms with Gasteiger partial charge in [-0.3, -0.25) is 0 Å². The molecule has 7 N–H and O–H groups in total. The number of hydrogen-bond acceptors (Lipinski definition) is 5. The molecule has 0 aromatic rings. The van der Waals surface area contributed by atoms with Gasteiger partial charge in [-0.25, -0.2) is 0 Å². The van der Waals surface area contributed by atoms with E-state index in [0.717, 1.165) is 0 Å². The van der Waals surface area contributed by atoms with Crippen LogP contribution in [0.1, 0.15) is 0 Å². The molecular formula is C6H14NO5+. The van der Waals surface area contributed by atoms with Crippen LogP contribution in [-0.2, 0) is 4.74 Å². The molecule has 1 aliphatic rings. The SMILES string of the molecule is [NH3+]C[C@H]1OC(O)[C@H](O)[C@@H](O)[C@@H]1O. The summed E-state index contributed by atoms with van der Waals surface area (Å²) < 4.78 is 4.76. The molecule has 0 aliphatic carbocycles. The molecule has 1 fully saturated rings. The quantitative estimate of drug-likeness (QED) is 0.282. The summed E-state index contributed by atoms with van der Waals surface area (Å²) in [4.78, 5) is 0. The zero-order chi connectivity index (χ0) is 9.30. The highest BCUT2D eigenvalue weighted by Crippen LogP contribution is 2.18. The fourth-order valence-corrected chi connectivity index (χ4v) is 1.17. The number of rotatable bonds is 1. The van der Waals surface area contributed by atoms with Crippen LogP contribution in [0.3, 0.4) is 0 Å². The Labute approximate surface area is 69.2 Å². The number of aliphatic hydroxyl groups excluding tert-OH is 4. The standard InChI is InChI=1S/C6H13NO5/c7-1-2-3(8)4(9)5(10)6(11)12-2/h2-6,8-11H,1,7H2/p+1/t2-,3-,4+,5-,6?/m1/s1. The predicted molar refractivity (Wildman–Crippen MR) is 36.7 cm³/mol. The predicted octanol–water partition coefficient (Wildman–Crippen LogP) is -3.97. The molecule has 6 heteroatoms. The van der Waals surface area contributed by atoms with E-state index in [2.05, 4.69) is 5.73 Å². The van der Waals surface area contributed by atoms with Crippen LogP contribution in [0.25, 0.3) is 0 Å². The van der Waals surface area contributed by atoms with Gasteiger partial charge in [0.15, 0.2) is 6.29 Å². The second kappa shape index (κ2) is 3.65. The van der Waals surface area contributed by atoms with Gasteiger partial charge < -0.3 is 30.9 Å². The molecule has 6 nitrogen and oxygen atoms in total. The Morgan fingerprint density at radius 1 is 1.00 bits per heavy atom. The Morgan fingerprint density at radius 3 is 2.08 bits per heavy atom. The van der Waals surface area contributed by atoms with Gasteiger partial charge >= 0.3 is 0 Å². The molecule has 1 aliphatic heterocycles. The minimum absolute atomic E-state index is 0.224. The third-order valence-electron chi connectivity index (χ3n) is 1.97. The largest absolute Gasteiger partial charge is 0.387 e. The van der Waals surface area contributed by atoms with Crippen molar-refractivity contribution in [3.63, 3.8) is 0 Å². The maximum Gasteiger partial charge on any atom is 0.184 e. The van der Waals surface area contributed by atoms with E-state index in [0.29, 0.717) is 0 Å². The summed E-state index contributed by atoms with van der Waals surface area (Å²) in [7, 11) is 0. The highest BCUT2D eigenvalue weighted by Gasteiger charge is 2.43. The van der Waals surface area contributed by atoms with E-state index >= 15 is 0 Å². The maximum absolute atomic E-state index is 9.24. The van der Waals surface area contributed by atoms with Crippen LogP contribution < -0.4 is 5.73 Å². The highest BCUT2D eigenvalue weighted by molar-refractivity contribution is 4.87. The summed E-state index contributed by atoms with van der Waals surface area (Å²) in [6, 6.07) is 0. The van der Waals surface area contributed by atoms with E-state index in [1.807, 2.05) is 0 Å². The highest BCUT2D eigenvalue weighted by atomic mass is 16.6. The van der Waals surface area contributed by atoms with Crippen LogP contribution in [0.5, 0.6) is 0 Å². The molecule has 0 amide bonds. The second-order valence-electron chi connectivity index (χ2n) is 2.83. The van der Waals surface area contributed by atoms with Crippen molar-refractivity contribution in [1.82, 2.24) is 0 Å². The van der Waals surface area contributed by atoms with Crippen LogP contribution in [0, 0.1) is 0 Å². The van der Waals surface area contributed by atoms with E-state index in [9.17, 15) is 5.11 Å². The third kappa shape index (κ3) is 1.58. The van der Waals surface area contributed by atoms with Gasteiger partial charge in [0, 0.05) is 0 Å². The van der Waals surface area contributed by atoms with Gasteiger partial charge in [-0.15, -0.1) is 0 Å². The van der Waals surface area contributed by atoms with Crippen molar-refractivity contribution in [2.24, 2.45) is 0 Å². The lowest BCUT2D eigenvalue weighted by Crippen LogP contribution is -2.66. The van der Waals surface area contributed by atoms with E-state index in [1.54, 1.807) is 0 Å². The fraction of sp³-hybridized carbons (Fsp3) is 1.00. The second-order valence-corrected chi connectivity index (χ2v) is 2.83. The lowest BCUT2D eigenvalue weighted by molar-refractivity contribution is -0.411. The van der Waals surface area contributed by atoms with Crippen molar-refractivity contribution in [2.75, 3.05) is 6.54 Å². The fourth-order valence-electron chi connectivity index (χ4n) is 1.17. The molecular weight excluding hydrogens is 166 g/mol. The molecule has 0 bridgehead atoms. The maximum atomic E-state index is 9.24. The van der Waals surface area contributed by atoms with Crippen molar-refractivity contribution >= 4 is 0 Å². The topological polar surface area (TPSA) is 118 Å². The summed E-state index contributed by atoms with van der Waals surface area (Å²) >= 11 is 0. The number of quaternary nitrogens is 1. The zero-order valence-electron chi connectivity index (χ0n) is 6.50. The monoisotopic (exact) mass is 180 g/mol. The van der Waals surface area contributed by atoms with Gasteiger partial charge in [0.05, 0.1) is 0 Å². The number of hydrogen-bond donors (Lipinski definition) is 5. The Bertz CT molecular complexity index is 150.